The first-order chi connectivity index (χ1) is 9.51. The molecule has 3 heteroatoms. The zero-order valence-corrected chi connectivity index (χ0v) is 11.4. The van der Waals surface area contributed by atoms with Crippen molar-refractivity contribution < 1.29 is 9.59 Å². The van der Waals surface area contributed by atoms with Crippen LogP contribution in [0.1, 0.15) is 35.3 Å². The van der Waals surface area contributed by atoms with Crippen molar-refractivity contribution in [3.05, 3.63) is 65.2 Å². The predicted molar refractivity (Wildman–Crippen MR) is 78.0 cm³/mol. The van der Waals surface area contributed by atoms with E-state index in [4.69, 9.17) is 0 Å². The van der Waals surface area contributed by atoms with Gasteiger partial charge in [-0.25, -0.2) is 0 Å². The summed E-state index contributed by atoms with van der Waals surface area (Å²) in [5, 5.41) is 2.85. The summed E-state index contributed by atoms with van der Waals surface area (Å²) in [4.78, 5) is 24.6. The number of para-hydroxylation sites is 1. The van der Waals surface area contributed by atoms with Crippen molar-refractivity contribution in [3.63, 3.8) is 0 Å². The molecule has 1 N–H and O–H groups in total. The van der Waals surface area contributed by atoms with E-state index < -0.39 is 5.41 Å². The zero-order chi connectivity index (χ0) is 14.3. The third-order valence-corrected chi connectivity index (χ3v) is 3.82. The Morgan fingerprint density at radius 1 is 1.00 bits per heavy atom. The van der Waals surface area contributed by atoms with Gasteiger partial charge in [-0.2, -0.15) is 0 Å². The number of hydrogen-bond donors (Lipinski definition) is 1. The van der Waals surface area contributed by atoms with Gasteiger partial charge in [0.15, 0.2) is 5.78 Å². The van der Waals surface area contributed by atoms with Gasteiger partial charge in [-0.15, -0.1) is 0 Å². The molecule has 1 aliphatic heterocycles. The molecule has 0 saturated carbocycles. The Morgan fingerprint density at radius 3 is 2.40 bits per heavy atom. The summed E-state index contributed by atoms with van der Waals surface area (Å²) in [6, 6.07) is 14.6. The van der Waals surface area contributed by atoms with E-state index in [1.54, 1.807) is 18.2 Å². The van der Waals surface area contributed by atoms with E-state index in [1.165, 1.54) is 0 Å². The fourth-order valence-electron chi connectivity index (χ4n) is 2.53. The molecule has 0 fully saturated rings. The second kappa shape index (κ2) is 4.30. The van der Waals surface area contributed by atoms with Crippen molar-refractivity contribution in [2.24, 2.45) is 0 Å². The molecule has 3 rings (SSSR count). The Morgan fingerprint density at radius 2 is 1.70 bits per heavy atom. The monoisotopic (exact) mass is 265 g/mol. The van der Waals surface area contributed by atoms with Crippen molar-refractivity contribution in [2.45, 2.75) is 19.3 Å². The highest BCUT2D eigenvalue weighted by Gasteiger charge is 2.40. The quantitative estimate of drug-likeness (QED) is 0.848. The van der Waals surface area contributed by atoms with Crippen LogP contribution in [0, 0.1) is 0 Å². The number of hydrogen-bond acceptors (Lipinski definition) is 2. The predicted octanol–water partition coefficient (Wildman–Crippen LogP) is 3.15. The van der Waals surface area contributed by atoms with Gasteiger partial charge in [0, 0.05) is 11.1 Å². The van der Waals surface area contributed by atoms with Crippen molar-refractivity contribution >= 4 is 17.4 Å². The summed E-state index contributed by atoms with van der Waals surface area (Å²) in [6.07, 6.45) is 0. The minimum atomic E-state index is -0.595. The highest BCUT2D eigenvalue weighted by molar-refractivity contribution is 6.17. The number of amides is 1. The summed E-state index contributed by atoms with van der Waals surface area (Å²) < 4.78 is 0. The SMILES string of the molecule is CC1(C)C(=O)Nc2c(C(=O)c3ccccc3)cccc21. The molecule has 0 saturated heterocycles. The number of carbonyl (C=O) groups is 2. The van der Waals surface area contributed by atoms with Gasteiger partial charge in [-0.05, 0) is 25.5 Å². The molecule has 20 heavy (non-hydrogen) atoms. The molecule has 2 aromatic carbocycles. The molecular formula is C17H15NO2. The number of benzene rings is 2. The van der Waals surface area contributed by atoms with Crippen LogP contribution in [0.3, 0.4) is 0 Å². The third kappa shape index (κ3) is 1.74. The standard InChI is InChI=1S/C17H15NO2/c1-17(2)13-10-6-9-12(14(13)18-16(17)20)15(19)11-7-4-3-5-8-11/h3-10H,1-2H3,(H,18,20). The second-order valence-electron chi connectivity index (χ2n) is 5.50. The molecular weight excluding hydrogens is 250 g/mol. The lowest BCUT2D eigenvalue weighted by atomic mass is 9.85. The average molecular weight is 265 g/mol. The van der Waals surface area contributed by atoms with Gasteiger partial charge in [-0.3, -0.25) is 9.59 Å². The van der Waals surface area contributed by atoms with E-state index in [2.05, 4.69) is 5.32 Å². The van der Waals surface area contributed by atoms with E-state index in [-0.39, 0.29) is 11.7 Å². The van der Waals surface area contributed by atoms with Crippen LogP contribution >= 0.6 is 0 Å². The first kappa shape index (κ1) is 12.6. The molecule has 1 heterocycles. The smallest absolute Gasteiger partial charge is 0.234 e. The Labute approximate surface area is 117 Å². The fourth-order valence-corrected chi connectivity index (χ4v) is 2.53. The highest BCUT2D eigenvalue weighted by atomic mass is 16.2. The summed E-state index contributed by atoms with van der Waals surface area (Å²) in [5.74, 6) is -0.138. The van der Waals surface area contributed by atoms with Crippen molar-refractivity contribution in [1.29, 1.82) is 0 Å². The van der Waals surface area contributed by atoms with Crippen LogP contribution in [0.25, 0.3) is 0 Å². The molecule has 0 aromatic heterocycles. The molecule has 0 spiro atoms. The van der Waals surface area contributed by atoms with Crippen molar-refractivity contribution in [2.75, 3.05) is 5.32 Å². The molecule has 100 valence electrons. The minimum Gasteiger partial charge on any atom is -0.324 e. The Kier molecular flexibility index (Phi) is 2.71. The van der Waals surface area contributed by atoms with Crippen LogP contribution in [0.2, 0.25) is 0 Å². The van der Waals surface area contributed by atoms with Gasteiger partial charge in [0.2, 0.25) is 5.91 Å². The maximum absolute atomic E-state index is 12.6. The number of fused-ring (bicyclic) bond motifs is 1. The van der Waals surface area contributed by atoms with E-state index in [9.17, 15) is 9.59 Å². The number of ketones is 1. The van der Waals surface area contributed by atoms with Crippen LogP contribution in [-0.2, 0) is 10.2 Å². The number of nitrogens with one attached hydrogen (secondary N) is 1. The molecule has 0 aliphatic carbocycles. The molecule has 1 amide bonds. The summed E-state index contributed by atoms with van der Waals surface area (Å²) in [5.41, 5.74) is 2.11. The van der Waals surface area contributed by atoms with Gasteiger partial charge in [-0.1, -0.05) is 42.5 Å². The van der Waals surface area contributed by atoms with E-state index in [0.29, 0.717) is 16.8 Å². The average Bonchev–Trinajstić information content (AvgIpc) is 2.70. The zero-order valence-electron chi connectivity index (χ0n) is 11.4. The maximum Gasteiger partial charge on any atom is 0.234 e. The van der Waals surface area contributed by atoms with Crippen LogP contribution in [0.15, 0.2) is 48.5 Å². The van der Waals surface area contributed by atoms with Crippen LogP contribution < -0.4 is 5.32 Å². The Bertz CT molecular complexity index is 702. The maximum atomic E-state index is 12.6. The number of rotatable bonds is 2. The molecule has 0 unspecified atom stereocenters. The van der Waals surface area contributed by atoms with Crippen molar-refractivity contribution in [3.8, 4) is 0 Å². The highest BCUT2D eigenvalue weighted by Crippen LogP contribution is 2.39. The van der Waals surface area contributed by atoms with Gasteiger partial charge < -0.3 is 5.32 Å². The molecule has 0 atom stereocenters. The molecule has 3 nitrogen and oxygen atoms in total. The fraction of sp³-hybridized carbons (Fsp3) is 0.176. The van der Waals surface area contributed by atoms with E-state index >= 15 is 0 Å². The Balaban J connectivity index is 2.13. The first-order valence-corrected chi connectivity index (χ1v) is 6.56. The number of anilines is 1. The summed E-state index contributed by atoms with van der Waals surface area (Å²) in [6.45, 7) is 3.73. The van der Waals surface area contributed by atoms with Gasteiger partial charge in [0.1, 0.15) is 0 Å². The van der Waals surface area contributed by atoms with E-state index in [1.807, 2.05) is 44.2 Å². The molecule has 1 aliphatic rings. The van der Waals surface area contributed by atoms with Crippen molar-refractivity contribution in [1.82, 2.24) is 0 Å². The van der Waals surface area contributed by atoms with Crippen LogP contribution in [-0.4, -0.2) is 11.7 Å². The largest absolute Gasteiger partial charge is 0.324 e. The first-order valence-electron chi connectivity index (χ1n) is 6.56. The topological polar surface area (TPSA) is 46.2 Å². The Hall–Kier alpha value is -2.42. The minimum absolute atomic E-state index is 0.0687. The lowest BCUT2D eigenvalue weighted by Gasteiger charge is -2.15. The number of carbonyl (C=O) groups excluding carboxylic acids is 2. The summed E-state index contributed by atoms with van der Waals surface area (Å²) in [7, 11) is 0. The lowest BCUT2D eigenvalue weighted by Crippen LogP contribution is -2.26. The normalized spacial score (nSPS) is 15.6. The van der Waals surface area contributed by atoms with Gasteiger partial charge in [0.05, 0.1) is 11.1 Å². The lowest BCUT2D eigenvalue weighted by molar-refractivity contribution is -0.119. The van der Waals surface area contributed by atoms with E-state index in [0.717, 1.165) is 5.56 Å². The summed E-state index contributed by atoms with van der Waals surface area (Å²) >= 11 is 0. The van der Waals surface area contributed by atoms with Gasteiger partial charge >= 0.3 is 0 Å². The van der Waals surface area contributed by atoms with Crippen LogP contribution in [0.4, 0.5) is 5.69 Å². The third-order valence-electron chi connectivity index (χ3n) is 3.82. The van der Waals surface area contributed by atoms with Gasteiger partial charge in [0.25, 0.3) is 0 Å². The second-order valence-corrected chi connectivity index (χ2v) is 5.50. The molecule has 2 aromatic rings. The van der Waals surface area contributed by atoms with Crippen LogP contribution in [0.5, 0.6) is 0 Å². The molecule has 0 bridgehead atoms. The molecule has 0 radical (unpaired) electrons.